The van der Waals surface area contributed by atoms with E-state index < -0.39 is 16.4 Å². The number of hydrogen-bond acceptors (Lipinski definition) is 6. The van der Waals surface area contributed by atoms with Crippen molar-refractivity contribution in [3.8, 4) is 11.3 Å². The summed E-state index contributed by atoms with van der Waals surface area (Å²) in [4.78, 5) is 25.7. The first-order chi connectivity index (χ1) is 11.9. The first kappa shape index (κ1) is 16.7. The quantitative estimate of drug-likeness (QED) is 0.403. The number of benzene rings is 2. The van der Waals surface area contributed by atoms with Crippen LogP contribution in [0.1, 0.15) is 17.3 Å². The Morgan fingerprint density at radius 3 is 2.60 bits per heavy atom. The minimum absolute atomic E-state index is 0.0130. The van der Waals surface area contributed by atoms with Crippen LogP contribution in [-0.2, 0) is 0 Å². The lowest BCUT2D eigenvalue weighted by atomic mass is 10.1. The lowest BCUT2D eigenvalue weighted by Crippen LogP contribution is -1.94. The molecule has 0 unspecified atom stereocenters. The molecule has 126 valence electrons. The Kier molecular flexibility index (Phi) is 4.53. The fraction of sp³-hybridized carbons (Fsp3) is 0.0588. The monoisotopic (exact) mass is 357 g/mol. The molecule has 1 aromatic heterocycles. The van der Waals surface area contributed by atoms with E-state index in [1.165, 1.54) is 24.3 Å². The molecule has 0 aliphatic carbocycles. The van der Waals surface area contributed by atoms with Gasteiger partial charge in [-0.2, -0.15) is 4.39 Å². The molecule has 1 N–H and O–H groups in total. The zero-order valence-electron chi connectivity index (χ0n) is 13.0. The second-order valence-electron chi connectivity index (χ2n) is 5.22. The third-order valence-electron chi connectivity index (χ3n) is 3.49. The second-order valence-corrected chi connectivity index (χ2v) is 6.08. The number of rotatable bonds is 5. The summed E-state index contributed by atoms with van der Waals surface area (Å²) in [5, 5.41) is 16.2. The number of halogens is 1. The highest BCUT2D eigenvalue weighted by Crippen LogP contribution is 2.30. The Bertz CT molecular complexity index is 954. The molecule has 25 heavy (non-hydrogen) atoms. The third-order valence-corrected chi connectivity index (χ3v) is 4.24. The Balaban J connectivity index is 1.82. The van der Waals surface area contributed by atoms with Gasteiger partial charge in [0, 0.05) is 28.3 Å². The van der Waals surface area contributed by atoms with Crippen LogP contribution in [0.3, 0.4) is 0 Å². The summed E-state index contributed by atoms with van der Waals surface area (Å²) in [6.45, 7) is 1.50. The van der Waals surface area contributed by atoms with Gasteiger partial charge in [0.25, 0.3) is 0 Å². The van der Waals surface area contributed by atoms with E-state index in [4.69, 9.17) is 0 Å². The lowest BCUT2D eigenvalue weighted by Gasteiger charge is -2.03. The number of nitro benzene ring substituents is 1. The number of carbonyl (C=O) groups is 1. The Hall–Kier alpha value is -3.13. The molecular formula is C17H12FN3O3S. The van der Waals surface area contributed by atoms with Crippen molar-refractivity contribution in [1.29, 1.82) is 0 Å². The molecule has 0 aliphatic rings. The topological polar surface area (TPSA) is 85.1 Å². The number of aromatic nitrogens is 1. The molecule has 0 spiro atoms. The van der Waals surface area contributed by atoms with E-state index in [2.05, 4.69) is 10.3 Å². The van der Waals surface area contributed by atoms with Gasteiger partial charge in [-0.05, 0) is 43.3 Å². The SMILES string of the molecule is CC(=O)c1ccc(Nc2nc(-c3ccc(F)c([N+](=O)[O-])c3)cs2)cc1. The van der Waals surface area contributed by atoms with Crippen LogP contribution >= 0.6 is 11.3 Å². The van der Waals surface area contributed by atoms with E-state index in [0.717, 1.165) is 17.8 Å². The van der Waals surface area contributed by atoms with Crippen molar-refractivity contribution < 1.29 is 14.1 Å². The summed E-state index contributed by atoms with van der Waals surface area (Å²) in [6.07, 6.45) is 0. The Labute approximate surface area is 146 Å². The number of nitro groups is 1. The summed E-state index contributed by atoms with van der Waals surface area (Å²) in [6, 6.07) is 10.6. The largest absolute Gasteiger partial charge is 0.332 e. The molecular weight excluding hydrogens is 345 g/mol. The molecule has 0 bridgehead atoms. The van der Waals surface area contributed by atoms with Crippen LogP contribution in [0.15, 0.2) is 47.8 Å². The van der Waals surface area contributed by atoms with E-state index in [-0.39, 0.29) is 5.78 Å². The molecule has 3 rings (SSSR count). The van der Waals surface area contributed by atoms with Crippen LogP contribution in [0, 0.1) is 15.9 Å². The van der Waals surface area contributed by atoms with Crippen LogP contribution in [0.5, 0.6) is 0 Å². The maximum atomic E-state index is 13.4. The van der Waals surface area contributed by atoms with Crippen molar-refractivity contribution in [2.75, 3.05) is 5.32 Å². The number of Topliss-reactive ketones (excluding diaryl/α,β-unsaturated/α-hetero) is 1. The average molecular weight is 357 g/mol. The van der Waals surface area contributed by atoms with E-state index in [9.17, 15) is 19.3 Å². The third kappa shape index (κ3) is 3.69. The first-order valence-electron chi connectivity index (χ1n) is 7.22. The Morgan fingerprint density at radius 2 is 1.96 bits per heavy atom. The summed E-state index contributed by atoms with van der Waals surface area (Å²) >= 11 is 1.32. The molecule has 0 saturated carbocycles. The summed E-state index contributed by atoms with van der Waals surface area (Å²) in [5.74, 6) is -0.895. The van der Waals surface area contributed by atoms with E-state index in [1.807, 2.05) is 0 Å². The number of thiazole rings is 1. The van der Waals surface area contributed by atoms with E-state index in [0.29, 0.717) is 22.0 Å². The van der Waals surface area contributed by atoms with Crippen LogP contribution < -0.4 is 5.32 Å². The number of hydrogen-bond donors (Lipinski definition) is 1. The zero-order chi connectivity index (χ0) is 18.0. The Morgan fingerprint density at radius 1 is 1.24 bits per heavy atom. The molecule has 0 saturated heterocycles. The van der Waals surface area contributed by atoms with E-state index >= 15 is 0 Å². The van der Waals surface area contributed by atoms with Crippen molar-refractivity contribution in [1.82, 2.24) is 4.98 Å². The number of anilines is 2. The van der Waals surface area contributed by atoms with Gasteiger partial charge < -0.3 is 5.32 Å². The van der Waals surface area contributed by atoms with Crippen LogP contribution in [0.4, 0.5) is 20.9 Å². The maximum Gasteiger partial charge on any atom is 0.305 e. The highest BCUT2D eigenvalue weighted by Gasteiger charge is 2.16. The van der Waals surface area contributed by atoms with Gasteiger partial charge in [0.2, 0.25) is 5.82 Å². The van der Waals surface area contributed by atoms with Gasteiger partial charge in [0.05, 0.1) is 10.6 Å². The first-order valence-corrected chi connectivity index (χ1v) is 8.10. The molecule has 0 fully saturated rings. The van der Waals surface area contributed by atoms with Crippen LogP contribution in [-0.4, -0.2) is 15.7 Å². The molecule has 0 radical (unpaired) electrons. The van der Waals surface area contributed by atoms with Gasteiger partial charge in [0.1, 0.15) is 0 Å². The number of ketones is 1. The molecule has 0 aliphatic heterocycles. The van der Waals surface area contributed by atoms with Gasteiger partial charge in [-0.25, -0.2) is 4.98 Å². The molecule has 6 nitrogen and oxygen atoms in total. The highest BCUT2D eigenvalue weighted by atomic mass is 32.1. The molecule has 8 heteroatoms. The number of carbonyl (C=O) groups excluding carboxylic acids is 1. The molecule has 3 aromatic rings. The fourth-order valence-electron chi connectivity index (χ4n) is 2.19. The predicted octanol–water partition coefficient (Wildman–Crippen LogP) is 4.80. The number of nitrogens with one attached hydrogen (secondary N) is 1. The molecule has 0 amide bonds. The normalized spacial score (nSPS) is 10.5. The van der Waals surface area contributed by atoms with Gasteiger partial charge in [0.15, 0.2) is 10.9 Å². The van der Waals surface area contributed by atoms with Crippen LogP contribution in [0.25, 0.3) is 11.3 Å². The highest BCUT2D eigenvalue weighted by molar-refractivity contribution is 7.14. The van der Waals surface area contributed by atoms with Gasteiger partial charge in [-0.3, -0.25) is 14.9 Å². The van der Waals surface area contributed by atoms with Gasteiger partial charge in [-0.1, -0.05) is 0 Å². The minimum Gasteiger partial charge on any atom is -0.332 e. The smallest absolute Gasteiger partial charge is 0.305 e. The minimum atomic E-state index is -0.882. The molecule has 2 aromatic carbocycles. The van der Waals surface area contributed by atoms with Crippen molar-refractivity contribution in [2.24, 2.45) is 0 Å². The zero-order valence-corrected chi connectivity index (χ0v) is 13.8. The summed E-state index contributed by atoms with van der Waals surface area (Å²) in [5.41, 5.74) is 1.76. The van der Waals surface area contributed by atoms with Crippen molar-refractivity contribution in [3.05, 3.63) is 69.3 Å². The fourth-order valence-corrected chi connectivity index (χ4v) is 2.93. The summed E-state index contributed by atoms with van der Waals surface area (Å²) < 4.78 is 13.4. The average Bonchev–Trinajstić information content (AvgIpc) is 3.04. The molecule has 0 atom stereocenters. The van der Waals surface area contributed by atoms with Gasteiger partial charge >= 0.3 is 5.69 Å². The predicted molar refractivity (Wildman–Crippen MR) is 93.9 cm³/mol. The van der Waals surface area contributed by atoms with E-state index in [1.54, 1.807) is 29.6 Å². The molecule has 1 heterocycles. The van der Waals surface area contributed by atoms with Crippen molar-refractivity contribution >= 4 is 33.6 Å². The lowest BCUT2D eigenvalue weighted by molar-refractivity contribution is -0.387. The maximum absolute atomic E-state index is 13.4. The second kappa shape index (κ2) is 6.78. The van der Waals surface area contributed by atoms with Gasteiger partial charge in [-0.15, -0.1) is 11.3 Å². The summed E-state index contributed by atoms with van der Waals surface area (Å²) in [7, 11) is 0. The number of nitrogens with zero attached hydrogens (tertiary/aromatic N) is 2. The van der Waals surface area contributed by atoms with Crippen molar-refractivity contribution in [3.63, 3.8) is 0 Å². The van der Waals surface area contributed by atoms with Crippen LogP contribution in [0.2, 0.25) is 0 Å². The standard InChI is InChI=1S/C17H12FN3O3S/c1-10(22)11-2-5-13(6-3-11)19-17-20-15(9-25-17)12-4-7-14(18)16(8-12)21(23)24/h2-9H,1H3,(H,19,20). The van der Waals surface area contributed by atoms with Crippen molar-refractivity contribution in [2.45, 2.75) is 6.92 Å².